The van der Waals surface area contributed by atoms with Crippen LogP contribution in [0, 0.1) is 5.41 Å². The van der Waals surface area contributed by atoms with Gasteiger partial charge in [0.2, 0.25) is 0 Å². The van der Waals surface area contributed by atoms with Crippen molar-refractivity contribution in [3.63, 3.8) is 0 Å². The van der Waals surface area contributed by atoms with Crippen molar-refractivity contribution in [3.8, 4) is 0 Å². The standard InChI is InChI=1S/C15H21N3O2/c19-11-15(5-6-15)10-17-14(20)12-4-3-7-16-13(12)18-8-1-2-9-18/h3-4,7,19H,1-2,5-6,8-11H2,(H,17,20). The molecule has 0 spiro atoms. The molecule has 0 atom stereocenters. The quantitative estimate of drug-likeness (QED) is 0.847. The zero-order valence-corrected chi connectivity index (χ0v) is 11.6. The van der Waals surface area contributed by atoms with Crippen molar-refractivity contribution in [2.75, 3.05) is 31.1 Å². The summed E-state index contributed by atoms with van der Waals surface area (Å²) in [6.07, 6.45) is 6.04. The molecule has 0 radical (unpaired) electrons. The lowest BCUT2D eigenvalue weighted by Gasteiger charge is -2.20. The highest BCUT2D eigenvalue weighted by molar-refractivity contribution is 5.98. The Morgan fingerprint density at radius 2 is 2.15 bits per heavy atom. The molecule has 2 heterocycles. The molecule has 5 heteroatoms. The number of pyridine rings is 1. The molecule has 1 aliphatic carbocycles. The van der Waals surface area contributed by atoms with Crippen LogP contribution in [0.15, 0.2) is 18.3 Å². The normalized spacial score (nSPS) is 19.9. The largest absolute Gasteiger partial charge is 0.396 e. The van der Waals surface area contributed by atoms with E-state index in [1.807, 2.05) is 6.07 Å². The lowest BCUT2D eigenvalue weighted by atomic mass is 10.1. The van der Waals surface area contributed by atoms with Gasteiger partial charge in [-0.25, -0.2) is 4.98 Å². The summed E-state index contributed by atoms with van der Waals surface area (Å²) in [6.45, 7) is 2.64. The van der Waals surface area contributed by atoms with Gasteiger partial charge in [0.25, 0.3) is 5.91 Å². The van der Waals surface area contributed by atoms with Crippen LogP contribution in [0.3, 0.4) is 0 Å². The van der Waals surface area contributed by atoms with Crippen molar-refractivity contribution in [1.29, 1.82) is 0 Å². The topological polar surface area (TPSA) is 65.5 Å². The van der Waals surface area contributed by atoms with Crippen molar-refractivity contribution in [2.24, 2.45) is 5.41 Å². The van der Waals surface area contributed by atoms with Crippen molar-refractivity contribution >= 4 is 11.7 Å². The van der Waals surface area contributed by atoms with Crippen LogP contribution in [0.2, 0.25) is 0 Å². The summed E-state index contributed by atoms with van der Waals surface area (Å²) < 4.78 is 0. The summed E-state index contributed by atoms with van der Waals surface area (Å²) in [7, 11) is 0. The van der Waals surface area contributed by atoms with Crippen LogP contribution < -0.4 is 10.2 Å². The molecular weight excluding hydrogens is 254 g/mol. The molecule has 1 aromatic rings. The molecule has 1 amide bonds. The number of carbonyl (C=O) groups is 1. The van der Waals surface area contributed by atoms with Crippen LogP contribution in [0.4, 0.5) is 5.82 Å². The van der Waals surface area contributed by atoms with Crippen LogP contribution >= 0.6 is 0 Å². The second-order valence-corrected chi connectivity index (χ2v) is 5.91. The fourth-order valence-corrected chi connectivity index (χ4v) is 2.69. The predicted octanol–water partition coefficient (Wildman–Crippen LogP) is 1.18. The first-order valence-corrected chi connectivity index (χ1v) is 7.33. The van der Waals surface area contributed by atoms with E-state index in [4.69, 9.17) is 0 Å². The van der Waals surface area contributed by atoms with Crippen LogP contribution in [0.25, 0.3) is 0 Å². The third-order valence-electron chi connectivity index (χ3n) is 4.35. The van der Waals surface area contributed by atoms with Gasteiger partial charge in [-0.3, -0.25) is 4.79 Å². The van der Waals surface area contributed by atoms with E-state index in [-0.39, 0.29) is 17.9 Å². The summed E-state index contributed by atoms with van der Waals surface area (Å²) in [5.41, 5.74) is 0.578. The second-order valence-electron chi connectivity index (χ2n) is 5.91. The monoisotopic (exact) mass is 275 g/mol. The smallest absolute Gasteiger partial charge is 0.255 e. The van der Waals surface area contributed by atoms with Crippen molar-refractivity contribution < 1.29 is 9.90 Å². The van der Waals surface area contributed by atoms with E-state index >= 15 is 0 Å². The van der Waals surface area contributed by atoms with Gasteiger partial charge in [-0.05, 0) is 37.8 Å². The van der Waals surface area contributed by atoms with E-state index in [9.17, 15) is 9.90 Å². The summed E-state index contributed by atoms with van der Waals surface area (Å²) in [5, 5.41) is 12.2. The third-order valence-corrected chi connectivity index (χ3v) is 4.35. The van der Waals surface area contributed by atoms with E-state index in [0.717, 1.165) is 44.6 Å². The minimum atomic E-state index is -0.0836. The van der Waals surface area contributed by atoms with Gasteiger partial charge in [0.15, 0.2) is 0 Å². The van der Waals surface area contributed by atoms with Crippen LogP contribution in [0.5, 0.6) is 0 Å². The Labute approximate surface area is 119 Å². The Morgan fingerprint density at radius 1 is 1.40 bits per heavy atom. The Hall–Kier alpha value is -1.62. The van der Waals surface area contributed by atoms with Gasteiger partial charge in [0, 0.05) is 31.2 Å². The Balaban J connectivity index is 1.70. The molecule has 0 aromatic carbocycles. The van der Waals surface area contributed by atoms with E-state index in [1.165, 1.54) is 0 Å². The Bertz CT molecular complexity index is 494. The first kappa shape index (κ1) is 13.4. The number of aromatic nitrogens is 1. The summed E-state index contributed by atoms with van der Waals surface area (Å²) in [5.74, 6) is 0.705. The van der Waals surface area contributed by atoms with Crippen molar-refractivity contribution in [2.45, 2.75) is 25.7 Å². The molecule has 0 unspecified atom stereocenters. The van der Waals surface area contributed by atoms with Crippen molar-refractivity contribution in [3.05, 3.63) is 23.9 Å². The fourth-order valence-electron chi connectivity index (χ4n) is 2.69. The first-order chi connectivity index (χ1) is 9.74. The maximum Gasteiger partial charge on any atom is 0.255 e. The summed E-state index contributed by atoms with van der Waals surface area (Å²) in [4.78, 5) is 18.9. The zero-order chi connectivity index (χ0) is 14.0. The van der Waals surface area contributed by atoms with Crippen LogP contribution in [0.1, 0.15) is 36.0 Å². The number of amides is 1. The average molecular weight is 275 g/mol. The van der Waals surface area contributed by atoms with E-state index < -0.39 is 0 Å². The van der Waals surface area contributed by atoms with E-state index in [1.54, 1.807) is 12.3 Å². The van der Waals surface area contributed by atoms with Gasteiger partial charge in [-0.2, -0.15) is 0 Å². The molecule has 20 heavy (non-hydrogen) atoms. The molecule has 1 aromatic heterocycles. The van der Waals surface area contributed by atoms with E-state index in [2.05, 4.69) is 15.2 Å². The van der Waals surface area contributed by atoms with Gasteiger partial charge in [-0.15, -0.1) is 0 Å². The second kappa shape index (κ2) is 5.40. The molecule has 3 rings (SSSR count). The lowest BCUT2D eigenvalue weighted by molar-refractivity contribution is 0.0935. The molecule has 1 saturated carbocycles. The van der Waals surface area contributed by atoms with Gasteiger partial charge in [0.1, 0.15) is 5.82 Å². The number of aliphatic hydroxyl groups is 1. The van der Waals surface area contributed by atoms with Gasteiger partial charge in [0.05, 0.1) is 12.2 Å². The average Bonchev–Trinajstić information content (AvgIpc) is 3.07. The van der Waals surface area contributed by atoms with Gasteiger partial charge < -0.3 is 15.3 Å². The molecule has 0 bridgehead atoms. The molecule has 2 aliphatic rings. The SMILES string of the molecule is O=C(NCC1(CO)CC1)c1cccnc1N1CCCC1. The predicted molar refractivity (Wildman–Crippen MR) is 76.8 cm³/mol. The minimum absolute atomic E-state index is 0.0638. The summed E-state index contributed by atoms with van der Waals surface area (Å²) in [6, 6.07) is 3.63. The number of carbonyl (C=O) groups excluding carboxylic acids is 1. The number of anilines is 1. The maximum atomic E-state index is 12.4. The minimum Gasteiger partial charge on any atom is -0.396 e. The van der Waals surface area contributed by atoms with Crippen LogP contribution in [-0.2, 0) is 0 Å². The molecule has 108 valence electrons. The molecule has 2 fully saturated rings. The molecule has 2 N–H and O–H groups in total. The molecule has 1 saturated heterocycles. The highest BCUT2D eigenvalue weighted by Gasteiger charge is 2.42. The number of aliphatic hydroxyl groups excluding tert-OH is 1. The number of nitrogens with zero attached hydrogens (tertiary/aromatic N) is 2. The third kappa shape index (κ3) is 2.63. The van der Waals surface area contributed by atoms with E-state index in [0.29, 0.717) is 12.1 Å². The van der Waals surface area contributed by atoms with Crippen LogP contribution in [-0.4, -0.2) is 42.2 Å². The molecule has 1 aliphatic heterocycles. The zero-order valence-electron chi connectivity index (χ0n) is 11.6. The Kier molecular flexibility index (Phi) is 3.61. The number of hydrogen-bond donors (Lipinski definition) is 2. The highest BCUT2D eigenvalue weighted by Crippen LogP contribution is 2.44. The number of nitrogens with one attached hydrogen (secondary N) is 1. The number of rotatable bonds is 5. The highest BCUT2D eigenvalue weighted by atomic mass is 16.3. The van der Waals surface area contributed by atoms with Gasteiger partial charge >= 0.3 is 0 Å². The number of hydrogen-bond acceptors (Lipinski definition) is 4. The summed E-state index contributed by atoms with van der Waals surface area (Å²) >= 11 is 0. The fraction of sp³-hybridized carbons (Fsp3) is 0.600. The van der Waals surface area contributed by atoms with Crippen molar-refractivity contribution in [1.82, 2.24) is 10.3 Å². The molecular formula is C15H21N3O2. The Morgan fingerprint density at radius 3 is 2.80 bits per heavy atom. The van der Waals surface area contributed by atoms with Gasteiger partial charge in [-0.1, -0.05) is 0 Å². The molecule has 5 nitrogen and oxygen atoms in total. The lowest BCUT2D eigenvalue weighted by Crippen LogP contribution is -2.33. The maximum absolute atomic E-state index is 12.4. The first-order valence-electron chi connectivity index (χ1n) is 7.33.